The van der Waals surface area contributed by atoms with Crippen LogP contribution in [-0.4, -0.2) is 35.9 Å². The summed E-state index contributed by atoms with van der Waals surface area (Å²) < 4.78 is 17.1. The van der Waals surface area contributed by atoms with Gasteiger partial charge in [0, 0.05) is 24.3 Å². The van der Waals surface area contributed by atoms with Crippen molar-refractivity contribution < 1.29 is 23.8 Å². The van der Waals surface area contributed by atoms with Gasteiger partial charge in [0.1, 0.15) is 17.5 Å². The van der Waals surface area contributed by atoms with Crippen molar-refractivity contribution in [3.63, 3.8) is 0 Å². The third-order valence-electron chi connectivity index (χ3n) is 4.82. The second kappa shape index (κ2) is 3.03. The van der Waals surface area contributed by atoms with Gasteiger partial charge in [-0.1, -0.05) is 6.58 Å². The third kappa shape index (κ3) is 1.05. The number of hydrogen-bond donors (Lipinski definition) is 0. The molecule has 0 aromatic rings. The lowest BCUT2D eigenvalue weighted by atomic mass is 9.79. The molecule has 3 saturated heterocycles. The monoisotopic (exact) mass is 250 g/mol. The molecule has 0 spiro atoms. The van der Waals surface area contributed by atoms with E-state index in [1.165, 1.54) is 0 Å². The minimum Gasteiger partial charge on any atom is -0.457 e. The average molecular weight is 250 g/mol. The zero-order valence-corrected chi connectivity index (χ0v) is 10.0. The molecule has 18 heavy (non-hydrogen) atoms. The first kappa shape index (κ1) is 10.7. The quantitative estimate of drug-likeness (QED) is 0.465. The fourth-order valence-corrected chi connectivity index (χ4v) is 3.89. The van der Waals surface area contributed by atoms with Crippen LogP contribution < -0.4 is 0 Å². The highest BCUT2D eigenvalue weighted by molar-refractivity contribution is 5.93. The van der Waals surface area contributed by atoms with E-state index in [2.05, 4.69) is 6.58 Å². The molecule has 2 bridgehead atoms. The number of carbonyl (C=O) groups is 2. The van der Waals surface area contributed by atoms with Crippen LogP contribution in [-0.2, 0) is 23.8 Å². The van der Waals surface area contributed by atoms with Crippen LogP contribution >= 0.6 is 0 Å². The van der Waals surface area contributed by atoms with Gasteiger partial charge in [0.25, 0.3) is 0 Å². The molecule has 1 saturated carbocycles. The van der Waals surface area contributed by atoms with Crippen molar-refractivity contribution in [1.82, 2.24) is 0 Å². The summed E-state index contributed by atoms with van der Waals surface area (Å²) in [5, 5.41) is 0. The zero-order chi connectivity index (χ0) is 12.7. The molecule has 4 rings (SSSR count). The molecular formula is C13H14O5. The number of ether oxygens (including phenoxy) is 3. The Bertz CT molecular complexity index is 484. The molecule has 0 radical (unpaired) electrons. The number of ketones is 1. The molecule has 3 aliphatic heterocycles. The Morgan fingerprint density at radius 2 is 2.17 bits per heavy atom. The minimum absolute atomic E-state index is 0.0698. The van der Waals surface area contributed by atoms with E-state index in [-0.39, 0.29) is 30.1 Å². The van der Waals surface area contributed by atoms with E-state index in [0.717, 1.165) is 0 Å². The lowest BCUT2D eigenvalue weighted by molar-refractivity contribution is -0.150. The van der Waals surface area contributed by atoms with Gasteiger partial charge < -0.3 is 14.2 Å². The van der Waals surface area contributed by atoms with E-state index in [1.54, 1.807) is 0 Å². The molecule has 5 heteroatoms. The minimum atomic E-state index is -0.647. The third-order valence-corrected chi connectivity index (χ3v) is 4.82. The van der Waals surface area contributed by atoms with E-state index in [4.69, 9.17) is 14.2 Å². The van der Waals surface area contributed by atoms with Crippen LogP contribution in [0.5, 0.6) is 0 Å². The summed E-state index contributed by atoms with van der Waals surface area (Å²) in [7, 11) is 0. The number of esters is 1. The van der Waals surface area contributed by atoms with Crippen LogP contribution in [0.15, 0.2) is 12.2 Å². The summed E-state index contributed by atoms with van der Waals surface area (Å²) in [6.45, 7) is 5.67. The van der Waals surface area contributed by atoms with Gasteiger partial charge in [0.15, 0.2) is 6.29 Å². The summed E-state index contributed by atoms with van der Waals surface area (Å²) in [5.74, 6) is -0.882. The summed E-state index contributed by atoms with van der Waals surface area (Å²) in [6.07, 6.45) is -0.0671. The van der Waals surface area contributed by atoms with E-state index < -0.39 is 17.6 Å². The predicted molar refractivity (Wildman–Crippen MR) is 58.4 cm³/mol. The van der Waals surface area contributed by atoms with Gasteiger partial charge in [0.2, 0.25) is 0 Å². The number of rotatable bonds is 0. The Hall–Kier alpha value is -1.20. The highest BCUT2D eigenvalue weighted by atomic mass is 16.7. The lowest BCUT2D eigenvalue weighted by Gasteiger charge is -2.31. The predicted octanol–water partition coefficient (Wildman–Crippen LogP) is 0.577. The second-order valence-electron chi connectivity index (χ2n) is 5.74. The van der Waals surface area contributed by atoms with Crippen molar-refractivity contribution in [1.29, 1.82) is 0 Å². The zero-order valence-electron chi connectivity index (χ0n) is 10.0. The maximum atomic E-state index is 12.2. The van der Waals surface area contributed by atoms with Crippen molar-refractivity contribution in [3.8, 4) is 0 Å². The molecule has 5 nitrogen and oxygen atoms in total. The summed E-state index contributed by atoms with van der Waals surface area (Å²) in [4.78, 5) is 23.8. The smallest absolute Gasteiger partial charge is 0.334 e. The second-order valence-corrected chi connectivity index (χ2v) is 5.74. The van der Waals surface area contributed by atoms with E-state index in [0.29, 0.717) is 18.4 Å². The maximum absolute atomic E-state index is 12.2. The van der Waals surface area contributed by atoms with E-state index >= 15 is 0 Å². The van der Waals surface area contributed by atoms with Gasteiger partial charge in [-0.2, -0.15) is 0 Å². The molecule has 3 heterocycles. The van der Waals surface area contributed by atoms with Gasteiger partial charge in [-0.3, -0.25) is 4.79 Å². The Morgan fingerprint density at radius 1 is 1.39 bits per heavy atom. The van der Waals surface area contributed by atoms with Crippen LogP contribution in [0.2, 0.25) is 0 Å². The Labute approximate surface area is 104 Å². The molecule has 0 N–H and O–H groups in total. The van der Waals surface area contributed by atoms with E-state index in [9.17, 15) is 9.59 Å². The van der Waals surface area contributed by atoms with Gasteiger partial charge in [-0.05, 0) is 6.92 Å². The summed E-state index contributed by atoms with van der Waals surface area (Å²) in [5.41, 5.74) is -0.203. The SMILES string of the molecule is C=C1C(=O)OC2C1CC1OC3CC(=O)C2C3(C)O1. The molecule has 0 aromatic carbocycles. The molecule has 4 fully saturated rings. The summed E-state index contributed by atoms with van der Waals surface area (Å²) in [6, 6.07) is 0. The fraction of sp³-hybridized carbons (Fsp3) is 0.692. The average Bonchev–Trinajstić information content (AvgIpc) is 2.78. The molecule has 96 valence electrons. The number of fused-ring (bicyclic) bond motifs is 3. The first-order chi connectivity index (χ1) is 8.50. The van der Waals surface area contributed by atoms with Gasteiger partial charge in [0.05, 0.1) is 12.0 Å². The molecular weight excluding hydrogens is 236 g/mol. The van der Waals surface area contributed by atoms with Gasteiger partial charge in [-0.25, -0.2) is 4.79 Å². The van der Waals surface area contributed by atoms with Crippen LogP contribution in [0.1, 0.15) is 19.8 Å². The van der Waals surface area contributed by atoms with Crippen molar-refractivity contribution >= 4 is 11.8 Å². The van der Waals surface area contributed by atoms with Crippen molar-refractivity contribution in [2.24, 2.45) is 11.8 Å². The van der Waals surface area contributed by atoms with Crippen molar-refractivity contribution in [2.75, 3.05) is 0 Å². The lowest BCUT2D eigenvalue weighted by Crippen LogP contribution is -2.46. The van der Waals surface area contributed by atoms with Crippen LogP contribution in [0.4, 0.5) is 0 Å². The molecule has 4 aliphatic rings. The molecule has 1 aliphatic carbocycles. The molecule has 0 aromatic heterocycles. The van der Waals surface area contributed by atoms with Crippen molar-refractivity contribution in [2.45, 2.75) is 43.9 Å². The molecule has 6 atom stereocenters. The standard InChI is InChI=1S/C13H14O5/c1-5-6-3-9-16-8-4-7(14)10(13(8,2)18-9)11(6)17-12(5)15/h6,8-11H,1,3-4H2,2H3. The maximum Gasteiger partial charge on any atom is 0.334 e. The Kier molecular flexibility index (Phi) is 1.80. The number of hydrogen-bond acceptors (Lipinski definition) is 5. The van der Waals surface area contributed by atoms with Gasteiger partial charge >= 0.3 is 5.97 Å². The molecule has 0 amide bonds. The van der Waals surface area contributed by atoms with Crippen LogP contribution in [0.25, 0.3) is 0 Å². The topological polar surface area (TPSA) is 61.8 Å². The Balaban J connectivity index is 1.84. The van der Waals surface area contributed by atoms with Crippen LogP contribution in [0.3, 0.4) is 0 Å². The van der Waals surface area contributed by atoms with Crippen LogP contribution in [0, 0.1) is 11.8 Å². The highest BCUT2D eigenvalue weighted by Gasteiger charge is 2.67. The summed E-state index contributed by atoms with van der Waals surface area (Å²) >= 11 is 0. The van der Waals surface area contributed by atoms with Gasteiger partial charge in [-0.15, -0.1) is 0 Å². The molecule has 6 unspecified atom stereocenters. The van der Waals surface area contributed by atoms with E-state index in [1.807, 2.05) is 6.92 Å². The number of carbonyl (C=O) groups excluding carboxylic acids is 2. The number of Topliss-reactive ketones (excluding diaryl/α,β-unsaturated/α-hetero) is 1. The normalized spacial score (nSPS) is 53.4. The fourth-order valence-electron chi connectivity index (χ4n) is 3.89. The largest absolute Gasteiger partial charge is 0.457 e. The van der Waals surface area contributed by atoms with Crippen molar-refractivity contribution in [3.05, 3.63) is 12.2 Å². The first-order valence-electron chi connectivity index (χ1n) is 6.26. The first-order valence-corrected chi connectivity index (χ1v) is 6.26. The highest BCUT2D eigenvalue weighted by Crippen LogP contribution is 2.54. The Morgan fingerprint density at radius 3 is 2.94 bits per heavy atom.